The van der Waals surface area contributed by atoms with E-state index >= 15 is 0 Å². The van der Waals surface area contributed by atoms with Gasteiger partial charge >= 0.3 is 12.0 Å². The van der Waals surface area contributed by atoms with Crippen LogP contribution in [-0.2, 0) is 9.53 Å². The normalized spacial score (nSPS) is 17.6. The van der Waals surface area contributed by atoms with E-state index < -0.39 is 28.4 Å². The molecule has 1 aliphatic heterocycles. The third-order valence-corrected chi connectivity index (χ3v) is 3.71. The van der Waals surface area contributed by atoms with Crippen LogP contribution < -0.4 is 15.4 Å². The number of allylic oxidation sites excluding steroid dienone is 1. The van der Waals surface area contributed by atoms with Crippen LogP contribution in [0, 0.1) is 0 Å². The molecule has 1 aromatic carbocycles. The Labute approximate surface area is 160 Å². The lowest BCUT2D eigenvalue weighted by atomic mass is 9.95. The minimum absolute atomic E-state index is 0.209. The molecule has 0 aliphatic carbocycles. The Morgan fingerprint density at radius 3 is 2.60 bits per heavy atom. The van der Waals surface area contributed by atoms with Gasteiger partial charge in [0.2, 0.25) is 3.79 Å². The second-order valence-corrected chi connectivity index (χ2v) is 7.75. The molecule has 1 aromatic rings. The molecule has 9 heteroatoms. The van der Waals surface area contributed by atoms with Crippen molar-refractivity contribution in [2.75, 3.05) is 13.2 Å². The van der Waals surface area contributed by atoms with Crippen LogP contribution in [0.5, 0.6) is 5.75 Å². The summed E-state index contributed by atoms with van der Waals surface area (Å²) in [7, 11) is 0. The average molecular weight is 408 g/mol. The van der Waals surface area contributed by atoms with Crippen LogP contribution >= 0.6 is 34.8 Å². The number of halogens is 3. The summed E-state index contributed by atoms with van der Waals surface area (Å²) >= 11 is 16.9. The monoisotopic (exact) mass is 406 g/mol. The maximum absolute atomic E-state index is 12.5. The highest BCUT2D eigenvalue weighted by atomic mass is 35.6. The third kappa shape index (κ3) is 5.17. The quantitative estimate of drug-likeness (QED) is 0.577. The van der Waals surface area contributed by atoms with Crippen LogP contribution in [0.2, 0.25) is 0 Å². The number of rotatable bonds is 5. The van der Waals surface area contributed by atoms with E-state index in [1.165, 1.54) is 0 Å². The number of hydrogen-bond acceptors (Lipinski definition) is 4. The van der Waals surface area contributed by atoms with Gasteiger partial charge in [-0.15, -0.1) is 0 Å². The third-order valence-electron chi connectivity index (χ3n) is 3.39. The highest BCUT2D eigenvalue weighted by Crippen LogP contribution is 2.34. The zero-order valence-corrected chi connectivity index (χ0v) is 15.8. The first-order chi connectivity index (χ1) is 11.7. The van der Waals surface area contributed by atoms with Gasteiger partial charge < -0.3 is 20.1 Å². The zero-order chi connectivity index (χ0) is 18.6. The lowest BCUT2D eigenvalue weighted by molar-refractivity contribution is -0.139. The molecule has 2 amide bonds. The highest BCUT2D eigenvalue weighted by Gasteiger charge is 2.35. The molecule has 6 nitrogen and oxygen atoms in total. The van der Waals surface area contributed by atoms with E-state index in [4.69, 9.17) is 44.3 Å². The van der Waals surface area contributed by atoms with E-state index in [2.05, 4.69) is 10.6 Å². The summed E-state index contributed by atoms with van der Waals surface area (Å²) in [5.74, 6) is -0.149. The molecule has 0 fully saturated rings. The van der Waals surface area contributed by atoms with Crippen molar-refractivity contribution >= 4 is 46.8 Å². The molecule has 2 rings (SSSR count). The molecule has 1 aliphatic rings. The van der Waals surface area contributed by atoms with Crippen LogP contribution in [0.3, 0.4) is 0 Å². The van der Waals surface area contributed by atoms with E-state index in [-0.39, 0.29) is 5.57 Å². The molecule has 0 radical (unpaired) electrons. The molecule has 0 spiro atoms. The summed E-state index contributed by atoms with van der Waals surface area (Å²) in [6.45, 7) is 3.46. The van der Waals surface area contributed by atoms with Crippen molar-refractivity contribution in [2.24, 2.45) is 0 Å². The van der Waals surface area contributed by atoms with Gasteiger partial charge in [-0.25, -0.2) is 9.59 Å². The second kappa shape index (κ2) is 8.17. The Bertz CT molecular complexity index is 701. The van der Waals surface area contributed by atoms with E-state index in [0.717, 1.165) is 0 Å². The zero-order valence-electron chi connectivity index (χ0n) is 13.6. The van der Waals surface area contributed by atoms with Gasteiger partial charge in [0.1, 0.15) is 12.4 Å². The molecule has 0 saturated heterocycles. The summed E-state index contributed by atoms with van der Waals surface area (Å²) in [5, 5.41) is 5.25. The van der Waals surface area contributed by atoms with Crippen molar-refractivity contribution in [3.8, 4) is 5.75 Å². The molecule has 1 atom stereocenters. The Kier molecular flexibility index (Phi) is 6.43. The topological polar surface area (TPSA) is 76.7 Å². The van der Waals surface area contributed by atoms with Gasteiger partial charge in [0, 0.05) is 11.3 Å². The van der Waals surface area contributed by atoms with Crippen LogP contribution in [0.25, 0.3) is 0 Å². The van der Waals surface area contributed by atoms with E-state index in [1.54, 1.807) is 31.2 Å². The number of hydrogen-bond donors (Lipinski definition) is 2. The number of ether oxygens (including phenoxy) is 2. The number of urea groups is 1. The van der Waals surface area contributed by atoms with Gasteiger partial charge in [0.05, 0.1) is 18.2 Å². The Hall–Kier alpha value is -1.63. The average Bonchev–Trinajstić information content (AvgIpc) is 2.52. The number of nitrogens with one attached hydrogen (secondary N) is 2. The summed E-state index contributed by atoms with van der Waals surface area (Å²) < 4.78 is 8.94. The second-order valence-electron chi connectivity index (χ2n) is 5.23. The summed E-state index contributed by atoms with van der Waals surface area (Å²) in [5.41, 5.74) is 1.19. The first-order valence-corrected chi connectivity index (χ1v) is 8.60. The van der Waals surface area contributed by atoms with Crippen LogP contribution in [0.4, 0.5) is 4.79 Å². The van der Waals surface area contributed by atoms with Gasteiger partial charge in [-0.1, -0.05) is 53.0 Å². The lowest BCUT2D eigenvalue weighted by Crippen LogP contribution is -2.45. The largest absolute Gasteiger partial charge is 0.494 e. The van der Waals surface area contributed by atoms with Crippen molar-refractivity contribution in [1.29, 1.82) is 0 Å². The molecule has 0 saturated carbocycles. The molecule has 0 bridgehead atoms. The fourth-order valence-corrected chi connectivity index (χ4v) is 2.59. The molecule has 0 aromatic heterocycles. The van der Waals surface area contributed by atoms with Gasteiger partial charge in [-0.05, 0) is 19.9 Å². The van der Waals surface area contributed by atoms with Crippen LogP contribution in [-0.4, -0.2) is 29.0 Å². The maximum atomic E-state index is 12.5. The first-order valence-electron chi connectivity index (χ1n) is 7.46. The molecule has 0 unspecified atom stereocenters. The number of alkyl halides is 3. The van der Waals surface area contributed by atoms with Crippen LogP contribution in [0.15, 0.2) is 35.5 Å². The van der Waals surface area contributed by atoms with Crippen molar-refractivity contribution in [2.45, 2.75) is 23.7 Å². The number of carbonyl (C=O) groups excluding carboxylic acids is 2. The first kappa shape index (κ1) is 19.7. The van der Waals surface area contributed by atoms with Crippen molar-refractivity contribution < 1.29 is 19.1 Å². The summed E-state index contributed by atoms with van der Waals surface area (Å²) in [6, 6.07) is 5.91. The minimum atomic E-state index is -1.73. The molecular formula is C16H17Cl3N2O4. The van der Waals surface area contributed by atoms with Crippen molar-refractivity contribution in [3.05, 3.63) is 41.1 Å². The predicted octanol–water partition coefficient (Wildman–Crippen LogP) is 3.63. The molecular weight excluding hydrogens is 391 g/mol. The predicted molar refractivity (Wildman–Crippen MR) is 96.0 cm³/mol. The molecule has 2 N–H and O–H groups in total. The van der Waals surface area contributed by atoms with E-state index in [9.17, 15) is 9.59 Å². The van der Waals surface area contributed by atoms with Crippen molar-refractivity contribution in [3.63, 3.8) is 0 Å². The molecule has 136 valence electrons. The lowest BCUT2D eigenvalue weighted by Gasteiger charge is -2.29. The standard InChI is InChI=1S/C16H17Cl3N2O4/c1-3-24-11-7-5-4-6-10(11)13-12(9(2)20-15(23)21-13)14(22)25-8-16(17,18)19/h4-7,13H,3,8H2,1-2H3,(H2,20,21,23)/t13-/m1/s1. The summed E-state index contributed by atoms with van der Waals surface area (Å²) in [6.07, 6.45) is 0. The molecule has 1 heterocycles. The summed E-state index contributed by atoms with van der Waals surface area (Å²) in [4.78, 5) is 24.4. The van der Waals surface area contributed by atoms with E-state index in [1.807, 2.05) is 6.92 Å². The molecule has 25 heavy (non-hydrogen) atoms. The van der Waals surface area contributed by atoms with Gasteiger partial charge in [-0.2, -0.15) is 0 Å². The van der Waals surface area contributed by atoms with E-state index in [0.29, 0.717) is 23.6 Å². The maximum Gasteiger partial charge on any atom is 0.338 e. The fraction of sp³-hybridized carbons (Fsp3) is 0.375. The van der Waals surface area contributed by atoms with Crippen molar-refractivity contribution in [1.82, 2.24) is 10.6 Å². The van der Waals surface area contributed by atoms with Gasteiger partial charge in [0.25, 0.3) is 0 Å². The number of benzene rings is 1. The van der Waals surface area contributed by atoms with Gasteiger partial charge in [0.15, 0.2) is 0 Å². The smallest absolute Gasteiger partial charge is 0.338 e. The fourth-order valence-electron chi connectivity index (χ4n) is 2.43. The Balaban J connectivity index is 2.39. The highest BCUT2D eigenvalue weighted by molar-refractivity contribution is 6.67. The number of para-hydroxylation sites is 1. The number of carbonyl (C=O) groups is 2. The SMILES string of the molecule is CCOc1ccccc1[C@H]1NC(=O)NC(C)=C1C(=O)OCC(Cl)(Cl)Cl. The Morgan fingerprint density at radius 1 is 1.28 bits per heavy atom. The van der Waals surface area contributed by atoms with Gasteiger partial charge in [-0.3, -0.25) is 0 Å². The Morgan fingerprint density at radius 2 is 1.96 bits per heavy atom. The van der Waals surface area contributed by atoms with Crippen LogP contribution in [0.1, 0.15) is 25.5 Å². The number of esters is 1. The minimum Gasteiger partial charge on any atom is -0.494 e. The number of amides is 2.